The third-order valence-corrected chi connectivity index (χ3v) is 7.15. The number of anilines is 1. The van der Waals surface area contributed by atoms with Crippen LogP contribution in [0.25, 0.3) is 22.2 Å². The van der Waals surface area contributed by atoms with E-state index < -0.39 is 0 Å². The lowest BCUT2D eigenvalue weighted by molar-refractivity contribution is 0.102. The van der Waals surface area contributed by atoms with Crippen LogP contribution in [-0.2, 0) is 6.42 Å². The van der Waals surface area contributed by atoms with Crippen LogP contribution in [0.5, 0.6) is 11.5 Å². The number of nitrogens with zero attached hydrogens (tertiary/aromatic N) is 3. The van der Waals surface area contributed by atoms with Crippen LogP contribution in [-0.4, -0.2) is 35.1 Å². The first-order chi connectivity index (χ1) is 18.1. The van der Waals surface area contributed by atoms with Crippen LogP contribution in [0.4, 0.5) is 5.95 Å². The Morgan fingerprint density at radius 1 is 0.973 bits per heavy atom. The molecule has 2 aromatic carbocycles. The molecular weight excluding hydrogens is 464 g/mol. The van der Waals surface area contributed by atoms with Gasteiger partial charge in [0, 0.05) is 23.3 Å². The summed E-state index contributed by atoms with van der Waals surface area (Å²) in [6.07, 6.45) is 10.5. The van der Waals surface area contributed by atoms with Crippen molar-refractivity contribution in [2.75, 3.05) is 19.5 Å². The Kier molecular flexibility index (Phi) is 7.30. The van der Waals surface area contributed by atoms with Gasteiger partial charge in [0.1, 0.15) is 11.5 Å². The summed E-state index contributed by atoms with van der Waals surface area (Å²) in [6, 6.07) is 13.4. The van der Waals surface area contributed by atoms with Crippen molar-refractivity contribution < 1.29 is 14.3 Å². The van der Waals surface area contributed by atoms with Crippen LogP contribution in [0.2, 0.25) is 0 Å². The molecule has 5 rings (SSSR count). The van der Waals surface area contributed by atoms with E-state index in [1.807, 2.05) is 55.6 Å². The SMILES string of the molecule is COc1cc(-c2nc(NC(=O)c3cnc4ccccc4c3)ncc2CC2CCCCC2)c(OC)cc1C. The summed E-state index contributed by atoms with van der Waals surface area (Å²) in [4.78, 5) is 26.9. The third kappa shape index (κ3) is 5.40. The zero-order chi connectivity index (χ0) is 25.8. The van der Waals surface area contributed by atoms with Crippen molar-refractivity contribution in [1.82, 2.24) is 15.0 Å². The van der Waals surface area contributed by atoms with Crippen LogP contribution in [0.15, 0.2) is 54.9 Å². The molecule has 2 heterocycles. The van der Waals surface area contributed by atoms with E-state index in [9.17, 15) is 4.79 Å². The summed E-state index contributed by atoms with van der Waals surface area (Å²) in [5.41, 5.74) is 4.88. The molecule has 0 radical (unpaired) electrons. The third-order valence-electron chi connectivity index (χ3n) is 7.15. The number of rotatable bonds is 7. The molecule has 0 saturated heterocycles. The Morgan fingerprint density at radius 3 is 2.54 bits per heavy atom. The molecule has 1 fully saturated rings. The first-order valence-electron chi connectivity index (χ1n) is 12.8. The summed E-state index contributed by atoms with van der Waals surface area (Å²) < 4.78 is 11.4. The molecule has 2 aromatic heterocycles. The van der Waals surface area contributed by atoms with E-state index >= 15 is 0 Å². The Labute approximate surface area is 217 Å². The molecule has 4 aromatic rings. The number of hydrogen-bond acceptors (Lipinski definition) is 6. The fourth-order valence-corrected chi connectivity index (χ4v) is 5.16. The quantitative estimate of drug-likeness (QED) is 0.319. The van der Waals surface area contributed by atoms with E-state index in [1.165, 1.54) is 32.1 Å². The van der Waals surface area contributed by atoms with Gasteiger partial charge in [0.15, 0.2) is 0 Å². The van der Waals surface area contributed by atoms with E-state index in [0.29, 0.717) is 17.2 Å². The first kappa shape index (κ1) is 24.7. The largest absolute Gasteiger partial charge is 0.496 e. The summed E-state index contributed by atoms with van der Waals surface area (Å²) in [7, 11) is 3.31. The Balaban J connectivity index is 1.52. The number of methoxy groups -OCH3 is 2. The molecule has 0 aliphatic heterocycles. The van der Waals surface area contributed by atoms with Gasteiger partial charge in [-0.15, -0.1) is 0 Å². The number of hydrogen-bond donors (Lipinski definition) is 1. The Morgan fingerprint density at radius 2 is 1.76 bits per heavy atom. The zero-order valence-corrected chi connectivity index (χ0v) is 21.6. The van der Waals surface area contributed by atoms with Gasteiger partial charge in [-0.1, -0.05) is 50.3 Å². The fraction of sp³-hybridized carbons (Fsp3) is 0.333. The number of aryl methyl sites for hydroxylation is 1. The second-order valence-corrected chi connectivity index (χ2v) is 9.67. The number of ether oxygens (including phenoxy) is 2. The number of benzene rings is 2. The number of carbonyl (C=O) groups is 1. The van der Waals surface area contributed by atoms with Crippen LogP contribution < -0.4 is 14.8 Å². The number of aromatic nitrogens is 3. The average Bonchev–Trinajstić information content (AvgIpc) is 2.94. The molecule has 1 amide bonds. The topological polar surface area (TPSA) is 86.2 Å². The smallest absolute Gasteiger partial charge is 0.259 e. The predicted molar refractivity (Wildman–Crippen MR) is 145 cm³/mol. The minimum Gasteiger partial charge on any atom is -0.496 e. The van der Waals surface area contributed by atoms with Crippen molar-refractivity contribution >= 4 is 22.8 Å². The lowest BCUT2D eigenvalue weighted by Crippen LogP contribution is -2.16. The monoisotopic (exact) mass is 496 g/mol. The maximum atomic E-state index is 13.1. The number of pyridine rings is 1. The van der Waals surface area contributed by atoms with Gasteiger partial charge in [-0.25, -0.2) is 9.97 Å². The normalized spacial score (nSPS) is 13.9. The molecule has 1 aliphatic carbocycles. The molecule has 7 nitrogen and oxygen atoms in total. The van der Waals surface area contributed by atoms with Gasteiger partial charge >= 0.3 is 0 Å². The van der Waals surface area contributed by atoms with E-state index in [4.69, 9.17) is 14.5 Å². The van der Waals surface area contributed by atoms with Crippen molar-refractivity contribution in [3.63, 3.8) is 0 Å². The van der Waals surface area contributed by atoms with Gasteiger partial charge in [0.25, 0.3) is 5.91 Å². The molecule has 7 heteroatoms. The van der Waals surface area contributed by atoms with Gasteiger partial charge in [-0.3, -0.25) is 15.1 Å². The lowest BCUT2D eigenvalue weighted by atomic mass is 9.84. The molecule has 1 N–H and O–H groups in total. The molecule has 1 aliphatic rings. The van der Waals surface area contributed by atoms with Gasteiger partial charge in [-0.05, 0) is 54.7 Å². The van der Waals surface area contributed by atoms with Crippen LogP contribution in [0, 0.1) is 12.8 Å². The fourth-order valence-electron chi connectivity index (χ4n) is 5.16. The van der Waals surface area contributed by atoms with Gasteiger partial charge in [0.2, 0.25) is 5.95 Å². The Hall–Kier alpha value is -4.00. The van der Waals surface area contributed by atoms with Crippen molar-refractivity contribution in [1.29, 1.82) is 0 Å². The summed E-state index contributed by atoms with van der Waals surface area (Å²) >= 11 is 0. The average molecular weight is 497 g/mol. The van der Waals surface area contributed by atoms with Crippen LogP contribution in [0.1, 0.15) is 53.6 Å². The van der Waals surface area contributed by atoms with Crippen LogP contribution in [0.3, 0.4) is 0 Å². The summed E-state index contributed by atoms with van der Waals surface area (Å²) in [5.74, 6) is 1.99. The van der Waals surface area contributed by atoms with Crippen molar-refractivity contribution in [2.24, 2.45) is 5.92 Å². The highest BCUT2D eigenvalue weighted by Gasteiger charge is 2.21. The lowest BCUT2D eigenvalue weighted by Gasteiger charge is -2.23. The summed E-state index contributed by atoms with van der Waals surface area (Å²) in [6.45, 7) is 1.98. The second kappa shape index (κ2) is 10.9. The molecule has 0 spiro atoms. The molecule has 37 heavy (non-hydrogen) atoms. The van der Waals surface area contributed by atoms with Gasteiger partial charge in [-0.2, -0.15) is 0 Å². The number of para-hydroxylation sites is 1. The molecule has 0 unspecified atom stereocenters. The minimum absolute atomic E-state index is 0.238. The van der Waals surface area contributed by atoms with E-state index in [1.54, 1.807) is 20.4 Å². The highest BCUT2D eigenvalue weighted by molar-refractivity contribution is 6.05. The molecule has 1 saturated carbocycles. The minimum atomic E-state index is -0.308. The second-order valence-electron chi connectivity index (χ2n) is 9.67. The van der Waals surface area contributed by atoms with Gasteiger partial charge < -0.3 is 9.47 Å². The molecule has 0 bridgehead atoms. The molecule has 0 atom stereocenters. The predicted octanol–water partition coefficient (Wildman–Crippen LogP) is 6.39. The highest BCUT2D eigenvalue weighted by Crippen LogP contribution is 2.38. The number of nitrogens with one attached hydrogen (secondary N) is 1. The van der Waals surface area contributed by atoms with Gasteiger partial charge in [0.05, 0.1) is 31.0 Å². The van der Waals surface area contributed by atoms with E-state index in [2.05, 4.69) is 15.3 Å². The maximum absolute atomic E-state index is 13.1. The standard InChI is InChI=1S/C30H32N4O3/c1-19-13-27(37-3)24(16-26(19)36-2)28-22(14-20-9-5-4-6-10-20)17-32-30(33-28)34-29(35)23-15-21-11-7-8-12-25(21)31-18-23/h7-8,11-13,15-18,20H,4-6,9-10,14H2,1-3H3,(H,32,33,34,35). The molecule has 190 valence electrons. The van der Waals surface area contributed by atoms with Crippen molar-refractivity contribution in [3.05, 3.63) is 71.5 Å². The number of carbonyl (C=O) groups excluding carboxylic acids is 1. The highest BCUT2D eigenvalue weighted by atomic mass is 16.5. The maximum Gasteiger partial charge on any atom is 0.259 e. The number of amides is 1. The van der Waals surface area contributed by atoms with E-state index in [-0.39, 0.29) is 11.9 Å². The first-order valence-corrected chi connectivity index (χ1v) is 12.8. The Bertz CT molecular complexity index is 1430. The van der Waals surface area contributed by atoms with Crippen molar-refractivity contribution in [2.45, 2.75) is 45.4 Å². The van der Waals surface area contributed by atoms with Crippen LogP contribution >= 0.6 is 0 Å². The summed E-state index contributed by atoms with van der Waals surface area (Å²) in [5, 5.41) is 3.77. The number of fused-ring (bicyclic) bond motifs is 1. The van der Waals surface area contributed by atoms with Crippen molar-refractivity contribution in [3.8, 4) is 22.8 Å². The zero-order valence-electron chi connectivity index (χ0n) is 21.6. The molecular formula is C30H32N4O3. The van der Waals surface area contributed by atoms with E-state index in [0.717, 1.165) is 45.5 Å².